The van der Waals surface area contributed by atoms with Gasteiger partial charge in [-0.25, -0.2) is 0 Å². The van der Waals surface area contributed by atoms with Gasteiger partial charge in [0.2, 0.25) is 0 Å². The van der Waals surface area contributed by atoms with Crippen molar-refractivity contribution in [3.63, 3.8) is 0 Å². The summed E-state index contributed by atoms with van der Waals surface area (Å²) in [5.41, 5.74) is 1.10. The topological polar surface area (TPSA) is 88.5 Å². The number of benzene rings is 2. The van der Waals surface area contributed by atoms with Crippen LogP contribution in [0.3, 0.4) is 0 Å². The van der Waals surface area contributed by atoms with E-state index < -0.39 is 17.7 Å². The van der Waals surface area contributed by atoms with Crippen LogP contribution in [-0.2, 0) is 14.3 Å². The van der Waals surface area contributed by atoms with Gasteiger partial charge in [-0.3, -0.25) is 14.5 Å². The molecule has 2 saturated heterocycles. The van der Waals surface area contributed by atoms with Crippen molar-refractivity contribution in [3.8, 4) is 11.5 Å². The van der Waals surface area contributed by atoms with E-state index in [4.69, 9.17) is 25.8 Å². The highest BCUT2D eigenvalue weighted by molar-refractivity contribution is 6.46. The molecule has 2 aliphatic heterocycles. The molecule has 8 nitrogen and oxygen atoms in total. The van der Waals surface area contributed by atoms with Gasteiger partial charge >= 0.3 is 0 Å². The predicted molar refractivity (Wildman–Crippen MR) is 137 cm³/mol. The number of nitrogens with zero attached hydrogens (tertiary/aromatic N) is 2. The van der Waals surface area contributed by atoms with Crippen LogP contribution in [0.25, 0.3) is 5.76 Å². The average Bonchev–Trinajstić information content (AvgIpc) is 3.15. The number of hydrogen-bond acceptors (Lipinski definition) is 7. The Bertz CT molecular complexity index is 1130. The first-order valence-corrected chi connectivity index (χ1v) is 12.5. The van der Waals surface area contributed by atoms with E-state index in [1.165, 1.54) is 7.11 Å². The van der Waals surface area contributed by atoms with Crippen LogP contribution >= 0.6 is 11.6 Å². The van der Waals surface area contributed by atoms with Crippen molar-refractivity contribution in [2.24, 2.45) is 0 Å². The van der Waals surface area contributed by atoms with Gasteiger partial charge in [0.1, 0.15) is 5.76 Å². The lowest BCUT2D eigenvalue weighted by Gasteiger charge is -2.29. The van der Waals surface area contributed by atoms with E-state index in [0.29, 0.717) is 60.4 Å². The molecule has 0 aromatic heterocycles. The Morgan fingerprint density at radius 3 is 2.47 bits per heavy atom. The fourth-order valence-electron chi connectivity index (χ4n) is 4.64. The lowest BCUT2D eigenvalue weighted by molar-refractivity contribution is -0.140. The molecule has 1 amide bonds. The number of morpholine rings is 1. The summed E-state index contributed by atoms with van der Waals surface area (Å²) >= 11 is 6.01. The minimum atomic E-state index is -0.769. The molecule has 0 unspecified atom stereocenters. The maximum Gasteiger partial charge on any atom is 0.295 e. The molecule has 2 aromatic carbocycles. The van der Waals surface area contributed by atoms with Crippen LogP contribution in [0.15, 0.2) is 48.0 Å². The van der Waals surface area contributed by atoms with E-state index in [1.807, 2.05) is 6.92 Å². The van der Waals surface area contributed by atoms with Crippen molar-refractivity contribution in [1.82, 2.24) is 9.80 Å². The predicted octanol–water partition coefficient (Wildman–Crippen LogP) is 3.89. The molecular weight excluding hydrogens is 484 g/mol. The zero-order valence-corrected chi connectivity index (χ0v) is 21.3. The van der Waals surface area contributed by atoms with Gasteiger partial charge in [0, 0.05) is 36.8 Å². The van der Waals surface area contributed by atoms with Gasteiger partial charge in [-0.1, -0.05) is 17.7 Å². The first kappa shape index (κ1) is 26.0. The van der Waals surface area contributed by atoms with Crippen molar-refractivity contribution in [2.45, 2.75) is 19.4 Å². The molecule has 0 bridgehead atoms. The first-order chi connectivity index (χ1) is 17.4. The fourth-order valence-corrected chi connectivity index (χ4v) is 4.76. The number of carbonyl (C=O) groups is 2. The van der Waals surface area contributed by atoms with Gasteiger partial charge in [-0.15, -0.1) is 0 Å². The highest BCUT2D eigenvalue weighted by atomic mass is 35.5. The molecule has 9 heteroatoms. The Morgan fingerprint density at radius 1 is 1.08 bits per heavy atom. The number of amides is 1. The van der Waals surface area contributed by atoms with Crippen molar-refractivity contribution in [3.05, 3.63) is 64.2 Å². The Morgan fingerprint density at radius 2 is 1.81 bits per heavy atom. The van der Waals surface area contributed by atoms with Gasteiger partial charge in [0.25, 0.3) is 11.7 Å². The Labute approximate surface area is 216 Å². The summed E-state index contributed by atoms with van der Waals surface area (Å²) in [5.74, 6) is -0.541. The number of hydrogen-bond donors (Lipinski definition) is 1. The molecule has 2 aliphatic rings. The molecule has 2 fully saturated rings. The molecule has 0 radical (unpaired) electrons. The summed E-state index contributed by atoms with van der Waals surface area (Å²) in [5, 5.41) is 11.7. The fraction of sp³-hybridized carbons (Fsp3) is 0.407. The van der Waals surface area contributed by atoms with Crippen LogP contribution in [0.5, 0.6) is 11.5 Å². The number of Topliss-reactive ketones (excluding diaryl/α,β-unsaturated/α-hetero) is 1. The number of methoxy groups -OCH3 is 1. The molecule has 36 heavy (non-hydrogen) atoms. The van der Waals surface area contributed by atoms with E-state index in [-0.39, 0.29) is 11.3 Å². The summed E-state index contributed by atoms with van der Waals surface area (Å²) < 4.78 is 16.6. The van der Waals surface area contributed by atoms with E-state index in [2.05, 4.69) is 4.90 Å². The SMILES string of the molecule is CCOc1ccc([C@H]2/C(=C(\O)c3ccc(Cl)cc3)C(=O)C(=O)N2CCCN2CCOCC2)cc1OC. The third-order valence-electron chi connectivity index (χ3n) is 6.44. The van der Waals surface area contributed by atoms with E-state index in [0.717, 1.165) is 19.6 Å². The van der Waals surface area contributed by atoms with Crippen LogP contribution in [-0.4, -0.2) is 79.7 Å². The molecule has 192 valence electrons. The van der Waals surface area contributed by atoms with Gasteiger partial charge in [-0.05, 0) is 55.3 Å². The second kappa shape index (κ2) is 11.8. The largest absolute Gasteiger partial charge is 0.507 e. The van der Waals surface area contributed by atoms with Crippen LogP contribution in [0, 0.1) is 0 Å². The molecule has 4 rings (SSSR count). The zero-order chi connectivity index (χ0) is 25.7. The Balaban J connectivity index is 1.71. The van der Waals surface area contributed by atoms with Gasteiger partial charge in [-0.2, -0.15) is 0 Å². The number of halogens is 1. The molecule has 0 aliphatic carbocycles. The van der Waals surface area contributed by atoms with Crippen molar-refractivity contribution in [2.75, 3.05) is 53.1 Å². The highest BCUT2D eigenvalue weighted by Gasteiger charge is 2.46. The summed E-state index contributed by atoms with van der Waals surface area (Å²) in [4.78, 5) is 30.3. The highest BCUT2D eigenvalue weighted by Crippen LogP contribution is 2.42. The van der Waals surface area contributed by atoms with Gasteiger partial charge < -0.3 is 24.2 Å². The molecule has 0 spiro atoms. The summed E-state index contributed by atoms with van der Waals surface area (Å²) in [6, 6.07) is 11.1. The number of ketones is 1. The molecule has 2 heterocycles. The standard InChI is InChI=1S/C27H31ClN2O6/c1-3-36-21-10-7-19(17-22(21)34-2)24-23(25(31)18-5-8-20(28)9-6-18)26(32)27(33)30(24)12-4-11-29-13-15-35-16-14-29/h5-10,17,24,31H,3-4,11-16H2,1-2H3/b25-23+/t24-/m0/s1. The van der Waals surface area contributed by atoms with Crippen LogP contribution < -0.4 is 9.47 Å². The second-order valence-electron chi connectivity index (χ2n) is 8.65. The lowest BCUT2D eigenvalue weighted by Crippen LogP contribution is -2.39. The quantitative estimate of drug-likeness (QED) is 0.308. The molecule has 2 aromatic rings. The third kappa shape index (κ3) is 5.51. The maximum atomic E-state index is 13.3. The third-order valence-corrected chi connectivity index (χ3v) is 6.69. The minimum Gasteiger partial charge on any atom is -0.507 e. The number of ether oxygens (including phenoxy) is 3. The first-order valence-electron chi connectivity index (χ1n) is 12.1. The maximum absolute atomic E-state index is 13.3. The average molecular weight is 515 g/mol. The summed E-state index contributed by atoms with van der Waals surface area (Å²) in [6.07, 6.45) is 0.679. The van der Waals surface area contributed by atoms with Gasteiger partial charge in [0.15, 0.2) is 11.5 Å². The second-order valence-corrected chi connectivity index (χ2v) is 9.09. The number of aliphatic hydroxyl groups excluding tert-OH is 1. The minimum absolute atomic E-state index is 0.0416. The zero-order valence-electron chi connectivity index (χ0n) is 20.5. The summed E-state index contributed by atoms with van der Waals surface area (Å²) in [7, 11) is 1.54. The van der Waals surface area contributed by atoms with Crippen molar-refractivity contribution in [1.29, 1.82) is 0 Å². The van der Waals surface area contributed by atoms with Crippen LogP contribution in [0.2, 0.25) is 5.02 Å². The number of likely N-dealkylation sites (tertiary alicyclic amines) is 1. The van der Waals surface area contributed by atoms with Crippen molar-refractivity contribution < 1.29 is 28.9 Å². The number of rotatable bonds is 9. The lowest BCUT2D eigenvalue weighted by atomic mass is 9.95. The Hall–Kier alpha value is -3.07. The van der Waals surface area contributed by atoms with E-state index >= 15 is 0 Å². The number of aliphatic hydroxyl groups is 1. The normalized spacial score (nSPS) is 20.1. The van der Waals surface area contributed by atoms with Crippen molar-refractivity contribution >= 4 is 29.1 Å². The molecule has 1 N–H and O–H groups in total. The smallest absolute Gasteiger partial charge is 0.295 e. The molecule has 1 atom stereocenters. The van der Waals surface area contributed by atoms with Gasteiger partial charge in [0.05, 0.1) is 38.5 Å². The van der Waals surface area contributed by atoms with Crippen LogP contribution in [0.1, 0.15) is 30.5 Å². The summed E-state index contributed by atoms with van der Waals surface area (Å²) in [6.45, 7) is 6.55. The molecule has 0 saturated carbocycles. The van der Waals surface area contributed by atoms with E-state index in [1.54, 1.807) is 47.4 Å². The van der Waals surface area contributed by atoms with E-state index in [9.17, 15) is 14.7 Å². The Kier molecular flexibility index (Phi) is 8.51. The monoisotopic (exact) mass is 514 g/mol. The molecular formula is C27H31ClN2O6. The number of carbonyl (C=O) groups excluding carboxylic acids is 2. The van der Waals surface area contributed by atoms with Crippen LogP contribution in [0.4, 0.5) is 0 Å².